The molecule has 0 spiro atoms. The molecule has 4 heteroatoms. The molecule has 0 amide bonds. The summed E-state index contributed by atoms with van der Waals surface area (Å²) in [5.41, 5.74) is -0.428. The highest BCUT2D eigenvalue weighted by molar-refractivity contribution is 5.22. The fraction of sp³-hybridized carbons (Fsp3) is 0.538. The van der Waals surface area contributed by atoms with Crippen molar-refractivity contribution >= 4 is 0 Å². The number of halogens is 2. The molecule has 0 aliphatic heterocycles. The van der Waals surface area contributed by atoms with Crippen molar-refractivity contribution in [2.24, 2.45) is 0 Å². The van der Waals surface area contributed by atoms with Crippen molar-refractivity contribution in [2.75, 3.05) is 6.54 Å². The second-order valence-electron chi connectivity index (χ2n) is 4.82. The highest BCUT2D eigenvalue weighted by Crippen LogP contribution is 2.21. The van der Waals surface area contributed by atoms with Gasteiger partial charge in [-0.2, -0.15) is 0 Å². The van der Waals surface area contributed by atoms with Gasteiger partial charge >= 0.3 is 0 Å². The Labute approximate surface area is 101 Å². The highest BCUT2D eigenvalue weighted by atomic mass is 19.1. The van der Waals surface area contributed by atoms with E-state index in [2.05, 4.69) is 5.32 Å². The molecule has 0 heterocycles. The van der Waals surface area contributed by atoms with Gasteiger partial charge in [0, 0.05) is 24.2 Å². The second kappa shape index (κ2) is 5.56. The summed E-state index contributed by atoms with van der Waals surface area (Å²) in [6.07, 6.45) is 0.665. The quantitative estimate of drug-likeness (QED) is 0.833. The Balaban J connectivity index is 2.79. The first-order valence-corrected chi connectivity index (χ1v) is 5.74. The van der Waals surface area contributed by atoms with Crippen molar-refractivity contribution in [2.45, 2.75) is 38.8 Å². The maximum atomic E-state index is 13.6. The third-order valence-corrected chi connectivity index (χ3v) is 2.53. The average molecular weight is 243 g/mol. The lowest BCUT2D eigenvalue weighted by atomic mass is 10.0. The van der Waals surface area contributed by atoms with E-state index in [9.17, 15) is 13.9 Å². The topological polar surface area (TPSA) is 32.3 Å². The Morgan fingerprint density at radius 1 is 1.35 bits per heavy atom. The van der Waals surface area contributed by atoms with Gasteiger partial charge in [-0.15, -0.1) is 0 Å². The monoisotopic (exact) mass is 243 g/mol. The zero-order chi connectivity index (χ0) is 13.1. The van der Waals surface area contributed by atoms with E-state index >= 15 is 0 Å². The molecule has 1 unspecified atom stereocenters. The van der Waals surface area contributed by atoms with Gasteiger partial charge in [0.2, 0.25) is 0 Å². The van der Waals surface area contributed by atoms with Gasteiger partial charge < -0.3 is 10.4 Å². The van der Waals surface area contributed by atoms with Crippen LogP contribution in [0.3, 0.4) is 0 Å². The Morgan fingerprint density at radius 3 is 2.47 bits per heavy atom. The van der Waals surface area contributed by atoms with Gasteiger partial charge in [-0.3, -0.25) is 0 Å². The number of hydrogen-bond donors (Lipinski definition) is 2. The largest absolute Gasteiger partial charge is 0.389 e. The van der Waals surface area contributed by atoms with Crippen LogP contribution < -0.4 is 5.32 Å². The summed E-state index contributed by atoms with van der Waals surface area (Å²) in [7, 11) is 0. The second-order valence-corrected chi connectivity index (χ2v) is 4.82. The SMILES string of the molecule is CCC(NCC(C)(C)O)c1ccc(F)cc1F. The van der Waals surface area contributed by atoms with Gasteiger partial charge in [0.15, 0.2) is 0 Å². The fourth-order valence-corrected chi connectivity index (χ4v) is 1.63. The van der Waals surface area contributed by atoms with Gasteiger partial charge in [0.1, 0.15) is 11.6 Å². The predicted octanol–water partition coefficient (Wildman–Crippen LogP) is 2.78. The Kier molecular flexibility index (Phi) is 4.60. The van der Waals surface area contributed by atoms with Gasteiger partial charge in [0.05, 0.1) is 5.60 Å². The zero-order valence-corrected chi connectivity index (χ0v) is 10.4. The van der Waals surface area contributed by atoms with Crippen LogP contribution in [0.5, 0.6) is 0 Å². The van der Waals surface area contributed by atoms with Crippen molar-refractivity contribution < 1.29 is 13.9 Å². The number of rotatable bonds is 5. The van der Waals surface area contributed by atoms with Gasteiger partial charge in [0.25, 0.3) is 0 Å². The van der Waals surface area contributed by atoms with Crippen LogP contribution in [0, 0.1) is 11.6 Å². The van der Waals surface area contributed by atoms with Crippen LogP contribution in [0.25, 0.3) is 0 Å². The van der Waals surface area contributed by atoms with Crippen LogP contribution in [0.4, 0.5) is 8.78 Å². The third-order valence-electron chi connectivity index (χ3n) is 2.53. The summed E-state index contributed by atoms with van der Waals surface area (Å²) in [5.74, 6) is -1.14. The molecule has 96 valence electrons. The molecule has 1 rings (SSSR count). The zero-order valence-electron chi connectivity index (χ0n) is 10.4. The summed E-state index contributed by atoms with van der Waals surface area (Å²) in [4.78, 5) is 0. The number of benzene rings is 1. The lowest BCUT2D eigenvalue weighted by Gasteiger charge is -2.24. The molecule has 1 aromatic rings. The lowest BCUT2D eigenvalue weighted by molar-refractivity contribution is 0.0760. The summed E-state index contributed by atoms with van der Waals surface area (Å²) < 4.78 is 26.4. The van der Waals surface area contributed by atoms with E-state index in [1.165, 1.54) is 12.1 Å². The van der Waals surface area contributed by atoms with Gasteiger partial charge in [-0.25, -0.2) is 8.78 Å². The molecular formula is C13H19F2NO. The molecule has 0 aliphatic carbocycles. The first-order valence-electron chi connectivity index (χ1n) is 5.74. The van der Waals surface area contributed by atoms with Crippen LogP contribution >= 0.6 is 0 Å². The minimum Gasteiger partial charge on any atom is -0.389 e. The molecule has 1 aromatic carbocycles. The normalized spacial score (nSPS) is 13.8. The van der Waals surface area contributed by atoms with E-state index in [1.807, 2.05) is 6.92 Å². The van der Waals surface area contributed by atoms with Crippen LogP contribution in [0.1, 0.15) is 38.8 Å². The summed E-state index contributed by atoms with van der Waals surface area (Å²) in [6, 6.07) is 3.34. The molecule has 0 aromatic heterocycles. The van der Waals surface area contributed by atoms with Crippen molar-refractivity contribution in [3.8, 4) is 0 Å². The van der Waals surface area contributed by atoms with Crippen molar-refractivity contribution in [1.82, 2.24) is 5.32 Å². The first kappa shape index (κ1) is 14.1. The average Bonchev–Trinajstić information content (AvgIpc) is 2.19. The number of hydrogen-bond acceptors (Lipinski definition) is 2. The Hall–Kier alpha value is -1.00. The molecule has 0 saturated heterocycles. The van der Waals surface area contributed by atoms with Gasteiger partial charge in [-0.05, 0) is 26.3 Å². The molecule has 0 aliphatic rings. The number of aliphatic hydroxyl groups is 1. The van der Waals surface area contributed by atoms with E-state index in [0.717, 1.165) is 6.07 Å². The lowest BCUT2D eigenvalue weighted by Crippen LogP contribution is -2.37. The summed E-state index contributed by atoms with van der Waals surface area (Å²) >= 11 is 0. The number of nitrogens with one attached hydrogen (secondary N) is 1. The van der Waals surface area contributed by atoms with Gasteiger partial charge in [-0.1, -0.05) is 13.0 Å². The minimum atomic E-state index is -0.857. The van der Waals surface area contributed by atoms with Crippen molar-refractivity contribution in [3.05, 3.63) is 35.4 Å². The molecular weight excluding hydrogens is 224 g/mol. The third kappa shape index (κ3) is 4.40. The predicted molar refractivity (Wildman–Crippen MR) is 63.7 cm³/mol. The van der Waals surface area contributed by atoms with E-state index in [1.54, 1.807) is 13.8 Å². The van der Waals surface area contributed by atoms with Crippen LogP contribution in [0.2, 0.25) is 0 Å². The molecule has 0 saturated carbocycles. The van der Waals surface area contributed by atoms with E-state index < -0.39 is 17.2 Å². The molecule has 0 radical (unpaired) electrons. The van der Waals surface area contributed by atoms with Crippen LogP contribution in [-0.2, 0) is 0 Å². The highest BCUT2D eigenvalue weighted by Gasteiger charge is 2.18. The molecule has 0 fully saturated rings. The van der Waals surface area contributed by atoms with E-state index in [4.69, 9.17) is 0 Å². The minimum absolute atomic E-state index is 0.220. The Morgan fingerprint density at radius 2 is 2.00 bits per heavy atom. The fourth-order valence-electron chi connectivity index (χ4n) is 1.63. The van der Waals surface area contributed by atoms with Crippen molar-refractivity contribution in [3.63, 3.8) is 0 Å². The summed E-state index contributed by atoms with van der Waals surface area (Å²) in [5, 5.41) is 12.7. The smallest absolute Gasteiger partial charge is 0.130 e. The van der Waals surface area contributed by atoms with Crippen LogP contribution in [0.15, 0.2) is 18.2 Å². The first-order chi connectivity index (χ1) is 7.83. The molecule has 17 heavy (non-hydrogen) atoms. The molecule has 0 bridgehead atoms. The maximum Gasteiger partial charge on any atom is 0.130 e. The van der Waals surface area contributed by atoms with Crippen LogP contribution in [-0.4, -0.2) is 17.3 Å². The Bertz CT molecular complexity index is 374. The van der Waals surface area contributed by atoms with E-state index in [-0.39, 0.29) is 6.04 Å². The molecule has 2 nitrogen and oxygen atoms in total. The maximum absolute atomic E-state index is 13.6. The summed E-state index contributed by atoms with van der Waals surface area (Å²) in [6.45, 7) is 5.61. The molecule has 2 N–H and O–H groups in total. The van der Waals surface area contributed by atoms with E-state index in [0.29, 0.717) is 18.5 Å². The molecule has 1 atom stereocenters. The van der Waals surface area contributed by atoms with Crippen molar-refractivity contribution in [1.29, 1.82) is 0 Å². The standard InChI is InChI=1S/C13H19F2NO/c1-4-12(16-8-13(2,3)17)10-6-5-9(14)7-11(10)15/h5-7,12,16-17H,4,8H2,1-3H3.